The SMILES string of the molecule is CC1(C)CC1C(=O)c1ccsc1. The van der Waals surface area contributed by atoms with Gasteiger partial charge in [-0.2, -0.15) is 11.3 Å². The van der Waals surface area contributed by atoms with Crippen molar-refractivity contribution in [2.75, 3.05) is 0 Å². The van der Waals surface area contributed by atoms with Gasteiger partial charge in [0.1, 0.15) is 0 Å². The van der Waals surface area contributed by atoms with E-state index >= 15 is 0 Å². The van der Waals surface area contributed by atoms with Crippen LogP contribution in [0.25, 0.3) is 0 Å². The molecule has 0 bridgehead atoms. The van der Waals surface area contributed by atoms with Gasteiger partial charge in [0.15, 0.2) is 5.78 Å². The van der Waals surface area contributed by atoms with Crippen molar-refractivity contribution in [3.05, 3.63) is 22.4 Å². The minimum Gasteiger partial charge on any atom is -0.294 e. The van der Waals surface area contributed by atoms with Gasteiger partial charge in [0.2, 0.25) is 0 Å². The van der Waals surface area contributed by atoms with Gasteiger partial charge in [-0.15, -0.1) is 0 Å². The summed E-state index contributed by atoms with van der Waals surface area (Å²) in [5.74, 6) is 0.619. The van der Waals surface area contributed by atoms with Crippen LogP contribution in [0.5, 0.6) is 0 Å². The van der Waals surface area contributed by atoms with Crippen molar-refractivity contribution in [3.63, 3.8) is 0 Å². The Bertz CT molecular complexity index is 298. The molecule has 64 valence electrons. The standard InChI is InChI=1S/C10H12OS/c1-10(2)5-8(10)9(11)7-3-4-12-6-7/h3-4,6,8H,5H2,1-2H3. The van der Waals surface area contributed by atoms with E-state index in [0.29, 0.717) is 5.78 Å². The molecule has 1 atom stereocenters. The van der Waals surface area contributed by atoms with Gasteiger partial charge in [-0.25, -0.2) is 0 Å². The van der Waals surface area contributed by atoms with Crippen molar-refractivity contribution in [2.24, 2.45) is 11.3 Å². The lowest BCUT2D eigenvalue weighted by Gasteiger charge is -1.99. The predicted molar refractivity (Wildman–Crippen MR) is 50.5 cm³/mol. The van der Waals surface area contributed by atoms with E-state index in [2.05, 4.69) is 13.8 Å². The van der Waals surface area contributed by atoms with Gasteiger partial charge >= 0.3 is 0 Å². The first-order valence-electron chi connectivity index (χ1n) is 4.18. The molecule has 1 nitrogen and oxygen atoms in total. The van der Waals surface area contributed by atoms with Crippen LogP contribution in [0.1, 0.15) is 30.6 Å². The highest BCUT2D eigenvalue weighted by Gasteiger charge is 2.50. The van der Waals surface area contributed by atoms with Crippen molar-refractivity contribution < 1.29 is 4.79 Å². The number of hydrogen-bond donors (Lipinski definition) is 0. The highest BCUT2D eigenvalue weighted by atomic mass is 32.1. The van der Waals surface area contributed by atoms with Crippen LogP contribution < -0.4 is 0 Å². The van der Waals surface area contributed by atoms with E-state index in [9.17, 15) is 4.79 Å². The highest BCUT2D eigenvalue weighted by molar-refractivity contribution is 7.08. The Morgan fingerprint density at radius 1 is 1.67 bits per heavy atom. The van der Waals surface area contributed by atoms with Crippen LogP contribution in [0.2, 0.25) is 0 Å². The van der Waals surface area contributed by atoms with E-state index in [0.717, 1.165) is 12.0 Å². The normalized spacial score (nSPS) is 25.3. The Labute approximate surface area is 76.4 Å². The molecule has 0 radical (unpaired) electrons. The third-order valence-corrected chi connectivity index (χ3v) is 3.32. The summed E-state index contributed by atoms with van der Waals surface area (Å²) >= 11 is 1.59. The fraction of sp³-hybridized carbons (Fsp3) is 0.500. The average molecular weight is 180 g/mol. The van der Waals surface area contributed by atoms with Crippen LogP contribution in [-0.2, 0) is 0 Å². The molecule has 1 unspecified atom stereocenters. The van der Waals surface area contributed by atoms with Crippen LogP contribution in [-0.4, -0.2) is 5.78 Å². The summed E-state index contributed by atoms with van der Waals surface area (Å²) in [7, 11) is 0. The number of rotatable bonds is 2. The van der Waals surface area contributed by atoms with E-state index in [1.54, 1.807) is 11.3 Å². The molecule has 0 spiro atoms. The molecule has 0 amide bonds. The zero-order chi connectivity index (χ0) is 8.77. The van der Waals surface area contributed by atoms with Crippen molar-refractivity contribution in [3.8, 4) is 0 Å². The number of hydrogen-bond acceptors (Lipinski definition) is 2. The van der Waals surface area contributed by atoms with Gasteiger partial charge in [0.25, 0.3) is 0 Å². The molecule has 1 aromatic rings. The van der Waals surface area contributed by atoms with Crippen LogP contribution in [0.3, 0.4) is 0 Å². The Balaban J connectivity index is 2.14. The zero-order valence-electron chi connectivity index (χ0n) is 7.33. The molecule has 2 heteroatoms. The number of Topliss-reactive ketones (excluding diaryl/α,β-unsaturated/α-hetero) is 1. The van der Waals surface area contributed by atoms with Gasteiger partial charge in [0.05, 0.1) is 0 Å². The molecule has 1 aliphatic carbocycles. The zero-order valence-corrected chi connectivity index (χ0v) is 8.15. The second-order valence-electron chi connectivity index (χ2n) is 4.12. The molecule has 12 heavy (non-hydrogen) atoms. The minimum atomic E-state index is 0.263. The smallest absolute Gasteiger partial charge is 0.167 e. The van der Waals surface area contributed by atoms with E-state index in [1.165, 1.54) is 0 Å². The molecule has 1 aliphatic rings. The number of ketones is 1. The fourth-order valence-corrected chi connectivity index (χ4v) is 2.17. The molecule has 1 heterocycles. The topological polar surface area (TPSA) is 17.1 Å². The van der Waals surface area contributed by atoms with Gasteiger partial charge < -0.3 is 0 Å². The summed E-state index contributed by atoms with van der Waals surface area (Å²) < 4.78 is 0. The molecule has 1 saturated carbocycles. The predicted octanol–water partition coefficient (Wildman–Crippen LogP) is 2.98. The van der Waals surface area contributed by atoms with Crippen molar-refractivity contribution in [1.29, 1.82) is 0 Å². The third kappa shape index (κ3) is 1.20. The summed E-state index contributed by atoms with van der Waals surface area (Å²) in [5.41, 5.74) is 1.16. The van der Waals surface area contributed by atoms with E-state index in [4.69, 9.17) is 0 Å². The van der Waals surface area contributed by atoms with Crippen molar-refractivity contribution in [1.82, 2.24) is 0 Å². The molecule has 0 N–H and O–H groups in total. The van der Waals surface area contributed by atoms with E-state index in [-0.39, 0.29) is 11.3 Å². The quantitative estimate of drug-likeness (QED) is 0.639. The fourth-order valence-electron chi connectivity index (χ4n) is 1.52. The molecule has 1 aromatic heterocycles. The van der Waals surface area contributed by atoms with Gasteiger partial charge in [-0.1, -0.05) is 13.8 Å². The molecular weight excluding hydrogens is 168 g/mol. The third-order valence-electron chi connectivity index (χ3n) is 2.64. The second-order valence-corrected chi connectivity index (χ2v) is 4.90. The summed E-state index contributed by atoms with van der Waals surface area (Å²) in [6, 6.07) is 1.92. The largest absolute Gasteiger partial charge is 0.294 e. The van der Waals surface area contributed by atoms with Gasteiger partial charge in [-0.05, 0) is 23.3 Å². The summed E-state index contributed by atoms with van der Waals surface area (Å²) in [5, 5.41) is 3.90. The Kier molecular flexibility index (Phi) is 1.62. The Morgan fingerprint density at radius 2 is 2.33 bits per heavy atom. The molecule has 0 aliphatic heterocycles. The highest BCUT2D eigenvalue weighted by Crippen LogP contribution is 2.53. The Hall–Kier alpha value is -0.630. The first-order valence-corrected chi connectivity index (χ1v) is 5.12. The maximum absolute atomic E-state index is 11.7. The van der Waals surface area contributed by atoms with Gasteiger partial charge in [-0.3, -0.25) is 4.79 Å². The second kappa shape index (κ2) is 2.43. The lowest BCUT2D eigenvalue weighted by molar-refractivity contribution is 0.0954. The van der Waals surface area contributed by atoms with E-state index < -0.39 is 0 Å². The lowest BCUT2D eigenvalue weighted by atomic mass is 10.0. The average Bonchev–Trinajstić information content (AvgIpc) is 2.56. The Morgan fingerprint density at radius 3 is 2.75 bits per heavy atom. The first kappa shape index (κ1) is 7.99. The maximum Gasteiger partial charge on any atom is 0.167 e. The monoisotopic (exact) mass is 180 g/mol. The van der Waals surface area contributed by atoms with Crippen molar-refractivity contribution in [2.45, 2.75) is 20.3 Å². The van der Waals surface area contributed by atoms with Crippen LogP contribution in [0.4, 0.5) is 0 Å². The summed E-state index contributed by atoms with van der Waals surface area (Å²) in [4.78, 5) is 11.7. The number of carbonyl (C=O) groups is 1. The molecule has 0 saturated heterocycles. The van der Waals surface area contributed by atoms with E-state index in [1.807, 2.05) is 16.8 Å². The lowest BCUT2D eigenvalue weighted by Crippen LogP contribution is -2.04. The van der Waals surface area contributed by atoms with Crippen LogP contribution in [0.15, 0.2) is 16.8 Å². The number of carbonyl (C=O) groups excluding carboxylic acids is 1. The first-order chi connectivity index (χ1) is 5.61. The maximum atomic E-state index is 11.7. The molecule has 0 aromatic carbocycles. The summed E-state index contributed by atoms with van der Waals surface area (Å²) in [6.45, 7) is 4.31. The molecule has 2 rings (SSSR count). The van der Waals surface area contributed by atoms with Crippen LogP contribution >= 0.6 is 11.3 Å². The number of thiophene rings is 1. The van der Waals surface area contributed by atoms with Gasteiger partial charge in [0, 0.05) is 16.9 Å². The molecule has 1 fully saturated rings. The summed E-state index contributed by atoms with van der Waals surface area (Å²) in [6.07, 6.45) is 1.06. The van der Waals surface area contributed by atoms with Crippen LogP contribution in [0, 0.1) is 11.3 Å². The minimum absolute atomic E-state index is 0.263. The molecular formula is C10H12OS. The van der Waals surface area contributed by atoms with Crippen molar-refractivity contribution >= 4 is 17.1 Å².